The van der Waals surface area contributed by atoms with E-state index in [4.69, 9.17) is 18.0 Å². The Kier molecular flexibility index (Phi) is 3.26. The zero-order chi connectivity index (χ0) is 11.5. The van der Waals surface area contributed by atoms with Crippen LogP contribution in [0.3, 0.4) is 0 Å². The first-order valence-electron chi connectivity index (χ1n) is 4.71. The van der Waals surface area contributed by atoms with Crippen LogP contribution >= 0.6 is 24.0 Å². The van der Waals surface area contributed by atoms with Gasteiger partial charge in [-0.15, -0.1) is 11.8 Å². The second kappa shape index (κ2) is 4.67. The number of nitrogens with zero attached hydrogens (tertiary/aromatic N) is 2. The van der Waals surface area contributed by atoms with Crippen molar-refractivity contribution in [3.05, 3.63) is 42.2 Å². The number of thiocarbonyl (C=S) groups is 1. The van der Waals surface area contributed by atoms with E-state index in [1.165, 1.54) is 0 Å². The molecule has 0 unspecified atom stereocenters. The van der Waals surface area contributed by atoms with Crippen LogP contribution in [0.5, 0.6) is 0 Å². The summed E-state index contributed by atoms with van der Waals surface area (Å²) in [5.41, 5.74) is 7.58. The third-order valence-corrected chi connectivity index (χ3v) is 3.21. The van der Waals surface area contributed by atoms with E-state index in [1.54, 1.807) is 22.6 Å². The fourth-order valence-electron chi connectivity index (χ4n) is 1.54. The molecule has 0 radical (unpaired) electrons. The van der Waals surface area contributed by atoms with Gasteiger partial charge in [0.25, 0.3) is 0 Å². The van der Waals surface area contributed by atoms with Gasteiger partial charge in [-0.2, -0.15) is 5.10 Å². The highest BCUT2D eigenvalue weighted by Crippen LogP contribution is 2.25. The Labute approximate surface area is 104 Å². The molecule has 0 atom stereocenters. The number of hydrogen-bond acceptors (Lipinski definition) is 3. The Morgan fingerprint density at radius 1 is 1.44 bits per heavy atom. The standard InChI is InChI=1S/C11H11N3S2/c1-16-9-5-2-4-8(10(9)11(12)15)14-7-3-6-13-14/h2-7H,1H3,(H2,12,15). The molecule has 1 aromatic carbocycles. The monoisotopic (exact) mass is 249 g/mol. The zero-order valence-corrected chi connectivity index (χ0v) is 10.4. The van der Waals surface area contributed by atoms with E-state index < -0.39 is 0 Å². The van der Waals surface area contributed by atoms with Gasteiger partial charge >= 0.3 is 0 Å². The van der Waals surface area contributed by atoms with Crippen LogP contribution in [-0.2, 0) is 0 Å². The highest BCUT2D eigenvalue weighted by molar-refractivity contribution is 7.98. The fourth-order valence-corrected chi connectivity index (χ4v) is 2.45. The number of thioether (sulfide) groups is 1. The molecule has 0 saturated heterocycles. The van der Waals surface area contributed by atoms with Gasteiger partial charge in [0, 0.05) is 22.9 Å². The molecule has 5 heteroatoms. The highest BCUT2D eigenvalue weighted by atomic mass is 32.2. The first-order chi connectivity index (χ1) is 7.74. The average molecular weight is 249 g/mol. The van der Waals surface area contributed by atoms with Crippen LogP contribution in [0.4, 0.5) is 0 Å². The van der Waals surface area contributed by atoms with Gasteiger partial charge in [-0.25, -0.2) is 4.68 Å². The van der Waals surface area contributed by atoms with Gasteiger partial charge in [-0.1, -0.05) is 18.3 Å². The van der Waals surface area contributed by atoms with Crippen molar-refractivity contribution in [3.63, 3.8) is 0 Å². The Hall–Kier alpha value is -1.33. The lowest BCUT2D eigenvalue weighted by atomic mass is 10.2. The summed E-state index contributed by atoms with van der Waals surface area (Å²) in [5, 5.41) is 4.20. The maximum absolute atomic E-state index is 5.77. The van der Waals surface area contributed by atoms with Crippen molar-refractivity contribution >= 4 is 29.0 Å². The summed E-state index contributed by atoms with van der Waals surface area (Å²) >= 11 is 6.73. The Morgan fingerprint density at radius 2 is 2.25 bits per heavy atom. The molecule has 82 valence electrons. The molecule has 3 nitrogen and oxygen atoms in total. The molecule has 0 fully saturated rings. The molecule has 1 aromatic heterocycles. The minimum atomic E-state index is 0.399. The molecule has 0 amide bonds. The number of aromatic nitrogens is 2. The minimum Gasteiger partial charge on any atom is -0.389 e. The second-order valence-electron chi connectivity index (χ2n) is 3.17. The Balaban J connectivity index is 2.65. The van der Waals surface area contributed by atoms with E-state index in [0.29, 0.717) is 4.99 Å². The molecule has 16 heavy (non-hydrogen) atoms. The SMILES string of the molecule is CSc1cccc(-n2cccn2)c1C(N)=S. The predicted molar refractivity (Wildman–Crippen MR) is 71.2 cm³/mol. The summed E-state index contributed by atoms with van der Waals surface area (Å²) in [4.78, 5) is 1.47. The molecular formula is C11H11N3S2. The van der Waals surface area contributed by atoms with Crippen LogP contribution in [0.25, 0.3) is 5.69 Å². The highest BCUT2D eigenvalue weighted by Gasteiger charge is 2.11. The topological polar surface area (TPSA) is 43.8 Å². The molecule has 0 bridgehead atoms. The van der Waals surface area contributed by atoms with Gasteiger partial charge in [0.2, 0.25) is 0 Å². The van der Waals surface area contributed by atoms with Crippen molar-refractivity contribution in [2.75, 3.05) is 6.26 Å². The Bertz CT molecular complexity index is 506. The van der Waals surface area contributed by atoms with Crippen LogP contribution in [0.2, 0.25) is 0 Å². The van der Waals surface area contributed by atoms with Crippen molar-refractivity contribution in [1.82, 2.24) is 9.78 Å². The summed E-state index contributed by atoms with van der Waals surface area (Å²) < 4.78 is 1.77. The maximum Gasteiger partial charge on any atom is 0.107 e. The van der Waals surface area contributed by atoms with E-state index in [1.807, 2.05) is 36.7 Å². The van der Waals surface area contributed by atoms with E-state index >= 15 is 0 Å². The lowest BCUT2D eigenvalue weighted by Crippen LogP contribution is -2.15. The summed E-state index contributed by atoms with van der Waals surface area (Å²) in [6, 6.07) is 7.81. The largest absolute Gasteiger partial charge is 0.389 e. The molecule has 0 aliphatic heterocycles. The number of nitrogens with two attached hydrogens (primary N) is 1. The molecular weight excluding hydrogens is 238 g/mol. The normalized spacial score (nSPS) is 10.3. The van der Waals surface area contributed by atoms with Gasteiger partial charge in [-0.3, -0.25) is 0 Å². The van der Waals surface area contributed by atoms with Crippen LogP contribution in [0.15, 0.2) is 41.6 Å². The fraction of sp³-hybridized carbons (Fsp3) is 0.0909. The molecule has 2 rings (SSSR count). The maximum atomic E-state index is 5.77. The van der Waals surface area contributed by atoms with Crippen LogP contribution in [0.1, 0.15) is 5.56 Å². The number of benzene rings is 1. The van der Waals surface area contributed by atoms with E-state index in [0.717, 1.165) is 16.1 Å². The van der Waals surface area contributed by atoms with Crippen LogP contribution in [-0.4, -0.2) is 21.0 Å². The summed E-state index contributed by atoms with van der Waals surface area (Å²) in [6.07, 6.45) is 5.61. The molecule has 0 aliphatic rings. The lowest BCUT2D eigenvalue weighted by molar-refractivity contribution is 0.875. The lowest BCUT2D eigenvalue weighted by Gasteiger charge is -2.11. The van der Waals surface area contributed by atoms with Crippen LogP contribution in [0, 0.1) is 0 Å². The third kappa shape index (κ3) is 1.96. The molecule has 0 saturated carbocycles. The molecule has 2 N–H and O–H groups in total. The summed E-state index contributed by atoms with van der Waals surface area (Å²) in [6.45, 7) is 0. The van der Waals surface area contributed by atoms with Gasteiger partial charge in [0.05, 0.1) is 5.69 Å². The first kappa shape index (κ1) is 11.2. The van der Waals surface area contributed by atoms with Crippen molar-refractivity contribution in [1.29, 1.82) is 0 Å². The van der Waals surface area contributed by atoms with Gasteiger partial charge in [0.15, 0.2) is 0 Å². The second-order valence-corrected chi connectivity index (χ2v) is 4.46. The van der Waals surface area contributed by atoms with E-state index in [-0.39, 0.29) is 0 Å². The molecule has 2 aromatic rings. The summed E-state index contributed by atoms with van der Waals surface area (Å²) in [7, 11) is 0. The number of rotatable bonds is 3. The van der Waals surface area contributed by atoms with Gasteiger partial charge in [0.1, 0.15) is 4.99 Å². The smallest absolute Gasteiger partial charge is 0.107 e. The quantitative estimate of drug-likeness (QED) is 0.669. The molecule has 1 heterocycles. The van der Waals surface area contributed by atoms with Crippen molar-refractivity contribution in [2.45, 2.75) is 4.90 Å². The zero-order valence-electron chi connectivity index (χ0n) is 8.75. The average Bonchev–Trinajstić information content (AvgIpc) is 2.81. The Morgan fingerprint density at radius 3 is 2.81 bits per heavy atom. The van der Waals surface area contributed by atoms with Crippen LogP contribution < -0.4 is 5.73 Å². The van der Waals surface area contributed by atoms with Crippen molar-refractivity contribution in [3.8, 4) is 5.69 Å². The van der Waals surface area contributed by atoms with E-state index in [2.05, 4.69) is 5.10 Å². The van der Waals surface area contributed by atoms with Gasteiger partial charge < -0.3 is 5.73 Å². The third-order valence-electron chi connectivity index (χ3n) is 2.22. The summed E-state index contributed by atoms with van der Waals surface area (Å²) in [5.74, 6) is 0. The van der Waals surface area contributed by atoms with Crippen molar-refractivity contribution in [2.24, 2.45) is 5.73 Å². The molecule has 0 spiro atoms. The minimum absolute atomic E-state index is 0.399. The van der Waals surface area contributed by atoms with E-state index in [9.17, 15) is 0 Å². The predicted octanol–water partition coefficient (Wildman–Crippen LogP) is 2.23. The first-order valence-corrected chi connectivity index (χ1v) is 6.34. The van der Waals surface area contributed by atoms with Gasteiger partial charge in [-0.05, 0) is 24.5 Å². The molecule has 0 aliphatic carbocycles. The van der Waals surface area contributed by atoms with Crippen molar-refractivity contribution < 1.29 is 0 Å². The number of hydrogen-bond donors (Lipinski definition) is 1.